The van der Waals surface area contributed by atoms with E-state index in [1.165, 1.54) is 0 Å². The number of benzene rings is 1. The Kier molecular flexibility index (Phi) is 3.69. The number of hydrogen-bond acceptors (Lipinski definition) is 3. The Morgan fingerprint density at radius 2 is 2.14 bits per heavy atom. The van der Waals surface area contributed by atoms with Gasteiger partial charge in [0.05, 0.1) is 0 Å². The molecular weight excluding hydrogens is 264 g/mol. The van der Waals surface area contributed by atoms with Gasteiger partial charge in [-0.05, 0) is 17.9 Å². The molecule has 4 heteroatoms. The van der Waals surface area contributed by atoms with E-state index >= 15 is 0 Å². The van der Waals surface area contributed by atoms with Gasteiger partial charge in [-0.3, -0.25) is 14.6 Å². The molecule has 2 aromatic rings. The number of hydrogen-bond donors (Lipinski definition) is 0. The lowest BCUT2D eigenvalue weighted by Gasteiger charge is -2.31. The summed E-state index contributed by atoms with van der Waals surface area (Å²) < 4.78 is 0. The molecule has 0 saturated carbocycles. The molecule has 1 saturated heterocycles. The summed E-state index contributed by atoms with van der Waals surface area (Å²) in [5, 5.41) is 1.88. The van der Waals surface area contributed by atoms with E-state index in [0.717, 1.165) is 17.2 Å². The number of likely N-dealkylation sites (tertiary alicyclic amines) is 1. The predicted octanol–water partition coefficient (Wildman–Crippen LogP) is 2.68. The van der Waals surface area contributed by atoms with E-state index in [0.29, 0.717) is 25.2 Å². The summed E-state index contributed by atoms with van der Waals surface area (Å²) >= 11 is 0. The number of aromatic nitrogens is 1. The maximum Gasteiger partial charge on any atom is 0.273 e. The Labute approximate surface area is 123 Å². The van der Waals surface area contributed by atoms with Crippen LogP contribution in [0.5, 0.6) is 0 Å². The Bertz CT molecular complexity index is 691. The number of piperidine rings is 1. The number of fused-ring (bicyclic) bond motifs is 1. The summed E-state index contributed by atoms with van der Waals surface area (Å²) in [5.74, 6) is 0.169. The zero-order valence-electron chi connectivity index (χ0n) is 12.1. The van der Waals surface area contributed by atoms with Crippen LogP contribution in [-0.4, -0.2) is 34.7 Å². The second-order valence-corrected chi connectivity index (χ2v) is 5.45. The summed E-state index contributed by atoms with van der Waals surface area (Å²) in [4.78, 5) is 30.6. The van der Waals surface area contributed by atoms with Crippen molar-refractivity contribution in [2.75, 3.05) is 13.1 Å². The van der Waals surface area contributed by atoms with Crippen molar-refractivity contribution in [3.05, 3.63) is 42.2 Å². The molecule has 21 heavy (non-hydrogen) atoms. The highest BCUT2D eigenvalue weighted by atomic mass is 16.2. The number of amides is 1. The topological polar surface area (TPSA) is 50.3 Å². The zero-order valence-corrected chi connectivity index (χ0v) is 12.1. The van der Waals surface area contributed by atoms with Crippen molar-refractivity contribution in [2.45, 2.75) is 19.8 Å². The molecule has 1 amide bonds. The van der Waals surface area contributed by atoms with Crippen LogP contribution in [0, 0.1) is 5.92 Å². The van der Waals surface area contributed by atoms with Gasteiger partial charge in [0.1, 0.15) is 11.5 Å². The maximum atomic E-state index is 12.7. The van der Waals surface area contributed by atoms with Crippen molar-refractivity contribution in [3.8, 4) is 0 Å². The van der Waals surface area contributed by atoms with E-state index in [9.17, 15) is 9.59 Å². The van der Waals surface area contributed by atoms with Crippen molar-refractivity contribution in [1.82, 2.24) is 9.88 Å². The fraction of sp³-hybridized carbons (Fsp3) is 0.353. The smallest absolute Gasteiger partial charge is 0.273 e. The number of ketones is 1. The lowest BCUT2D eigenvalue weighted by atomic mass is 9.94. The van der Waals surface area contributed by atoms with E-state index in [-0.39, 0.29) is 17.6 Å². The van der Waals surface area contributed by atoms with Gasteiger partial charge >= 0.3 is 0 Å². The Hall–Kier alpha value is -2.23. The van der Waals surface area contributed by atoms with Crippen LogP contribution in [0.15, 0.2) is 36.5 Å². The van der Waals surface area contributed by atoms with Gasteiger partial charge in [0.15, 0.2) is 0 Å². The molecule has 1 atom stereocenters. The largest absolute Gasteiger partial charge is 0.336 e. The van der Waals surface area contributed by atoms with Gasteiger partial charge in [0.2, 0.25) is 0 Å². The molecule has 1 aliphatic heterocycles. The molecule has 4 nitrogen and oxygen atoms in total. The molecule has 108 valence electrons. The van der Waals surface area contributed by atoms with Gasteiger partial charge in [-0.2, -0.15) is 0 Å². The molecule has 1 unspecified atom stereocenters. The molecule has 0 spiro atoms. The van der Waals surface area contributed by atoms with Crippen LogP contribution in [0.1, 0.15) is 30.3 Å². The third-order valence-corrected chi connectivity index (χ3v) is 4.18. The minimum atomic E-state index is -0.0715. The molecule has 0 aliphatic carbocycles. The third kappa shape index (κ3) is 2.53. The average molecular weight is 282 g/mol. The number of carbonyl (C=O) groups excluding carboxylic acids is 2. The molecule has 0 radical (unpaired) electrons. The van der Waals surface area contributed by atoms with Crippen molar-refractivity contribution < 1.29 is 9.59 Å². The monoisotopic (exact) mass is 282 g/mol. The van der Waals surface area contributed by atoms with Gasteiger partial charge in [0, 0.05) is 37.0 Å². The van der Waals surface area contributed by atoms with Crippen LogP contribution in [0.25, 0.3) is 10.8 Å². The van der Waals surface area contributed by atoms with Gasteiger partial charge in [-0.15, -0.1) is 0 Å². The van der Waals surface area contributed by atoms with Crippen LogP contribution < -0.4 is 0 Å². The second-order valence-electron chi connectivity index (χ2n) is 5.45. The van der Waals surface area contributed by atoms with Crippen molar-refractivity contribution in [3.63, 3.8) is 0 Å². The van der Waals surface area contributed by atoms with Gasteiger partial charge in [-0.1, -0.05) is 31.2 Å². The molecule has 1 fully saturated rings. The molecule has 2 heterocycles. The quantitative estimate of drug-likeness (QED) is 0.851. The van der Waals surface area contributed by atoms with E-state index in [4.69, 9.17) is 0 Å². The van der Waals surface area contributed by atoms with E-state index in [1.807, 2.05) is 37.3 Å². The molecule has 3 rings (SSSR count). The Morgan fingerprint density at radius 3 is 2.95 bits per heavy atom. The lowest BCUT2D eigenvalue weighted by Crippen LogP contribution is -2.44. The summed E-state index contributed by atoms with van der Waals surface area (Å²) in [6, 6.07) is 9.66. The standard InChI is InChI=1S/C17H18N2O2/c1-2-12-11-19(10-8-15(12)20)17(21)16-14-6-4-3-5-13(14)7-9-18-16/h3-7,9,12H,2,8,10-11H2,1H3. The van der Waals surface area contributed by atoms with Gasteiger partial charge in [0.25, 0.3) is 5.91 Å². The SMILES string of the molecule is CCC1CN(C(=O)c2nccc3ccccc23)CCC1=O. The fourth-order valence-electron chi connectivity index (χ4n) is 2.89. The summed E-state index contributed by atoms with van der Waals surface area (Å²) in [6.07, 6.45) is 2.91. The van der Waals surface area contributed by atoms with E-state index < -0.39 is 0 Å². The van der Waals surface area contributed by atoms with Crippen molar-refractivity contribution in [2.24, 2.45) is 5.92 Å². The second kappa shape index (κ2) is 5.64. The van der Waals surface area contributed by atoms with Crippen molar-refractivity contribution in [1.29, 1.82) is 0 Å². The number of rotatable bonds is 2. The molecule has 0 bridgehead atoms. The van der Waals surface area contributed by atoms with E-state index in [1.54, 1.807) is 11.1 Å². The molecule has 0 N–H and O–H groups in total. The summed E-state index contributed by atoms with van der Waals surface area (Å²) in [6.45, 7) is 3.00. The van der Waals surface area contributed by atoms with Crippen LogP contribution in [-0.2, 0) is 4.79 Å². The number of carbonyl (C=O) groups is 2. The van der Waals surface area contributed by atoms with Crippen LogP contribution in [0.2, 0.25) is 0 Å². The number of Topliss-reactive ketones (excluding diaryl/α,β-unsaturated/α-hetero) is 1. The lowest BCUT2D eigenvalue weighted by molar-refractivity contribution is -0.125. The third-order valence-electron chi connectivity index (χ3n) is 4.18. The zero-order chi connectivity index (χ0) is 14.8. The molecule has 1 aromatic carbocycles. The molecular formula is C17H18N2O2. The molecule has 1 aliphatic rings. The highest BCUT2D eigenvalue weighted by Crippen LogP contribution is 2.21. The number of nitrogens with zero attached hydrogens (tertiary/aromatic N) is 2. The Morgan fingerprint density at radius 1 is 1.33 bits per heavy atom. The fourth-order valence-corrected chi connectivity index (χ4v) is 2.89. The first kappa shape index (κ1) is 13.7. The number of pyridine rings is 1. The molecule has 1 aromatic heterocycles. The van der Waals surface area contributed by atoms with E-state index in [2.05, 4.69) is 4.98 Å². The van der Waals surface area contributed by atoms with Crippen LogP contribution >= 0.6 is 0 Å². The summed E-state index contributed by atoms with van der Waals surface area (Å²) in [7, 11) is 0. The van der Waals surface area contributed by atoms with Gasteiger partial charge in [-0.25, -0.2) is 0 Å². The normalized spacial score (nSPS) is 19.0. The predicted molar refractivity (Wildman–Crippen MR) is 81.1 cm³/mol. The highest BCUT2D eigenvalue weighted by molar-refractivity contribution is 6.05. The van der Waals surface area contributed by atoms with Crippen LogP contribution in [0.4, 0.5) is 0 Å². The Balaban J connectivity index is 1.92. The summed E-state index contributed by atoms with van der Waals surface area (Å²) in [5.41, 5.74) is 0.484. The van der Waals surface area contributed by atoms with Crippen molar-refractivity contribution >= 4 is 22.5 Å². The average Bonchev–Trinajstić information content (AvgIpc) is 2.54. The maximum absolute atomic E-state index is 12.7. The minimum absolute atomic E-state index is 0.0299. The first-order valence-electron chi connectivity index (χ1n) is 7.36. The first-order chi connectivity index (χ1) is 10.2. The minimum Gasteiger partial charge on any atom is -0.336 e. The van der Waals surface area contributed by atoms with Gasteiger partial charge < -0.3 is 4.90 Å². The van der Waals surface area contributed by atoms with Crippen LogP contribution in [0.3, 0.4) is 0 Å². The highest BCUT2D eigenvalue weighted by Gasteiger charge is 2.30. The first-order valence-corrected chi connectivity index (χ1v) is 7.36.